The molecule has 1 aliphatic rings. The van der Waals surface area contributed by atoms with Gasteiger partial charge in [-0.2, -0.15) is 0 Å². The molecule has 1 fully saturated rings. The van der Waals surface area contributed by atoms with Gasteiger partial charge in [-0.15, -0.1) is 0 Å². The van der Waals surface area contributed by atoms with Crippen molar-refractivity contribution in [2.24, 2.45) is 0 Å². The van der Waals surface area contributed by atoms with Crippen LogP contribution in [0.1, 0.15) is 284 Å². The first kappa shape index (κ1) is 65.9. The van der Waals surface area contributed by atoms with Gasteiger partial charge in [0, 0.05) is 0 Å². The Morgan fingerprint density at radius 3 is 1.25 bits per heavy atom. The Balaban J connectivity index is 2.30. The molecular weight excluding hydrogens is 871 g/mol. The van der Waals surface area contributed by atoms with E-state index in [1.165, 1.54) is 205 Å². The van der Waals surface area contributed by atoms with Crippen molar-refractivity contribution in [3.8, 4) is 0 Å². The number of ether oxygens (including phenoxy) is 2. The standard InChI is InChI=1S/C58H113NO10/c1-3-5-7-9-11-13-15-17-19-21-22-23-24-25-26-27-28-30-31-33-35-37-39-41-43-45-50(61)53(63)49(48-68-58-56(66)55(65)54(64)52(47-60)69-58)59-57(67)51(62)46-44-42-40-38-36-34-32-29-20-18-16-14-12-10-8-6-4-2/h37,39,49-56,58,60-66H,3-36,38,40-48H2,1-2H3,(H,59,67)/b39-37+. The Hall–Kier alpha value is -1.15. The summed E-state index contributed by atoms with van der Waals surface area (Å²) >= 11 is 0. The molecule has 8 N–H and O–H groups in total. The number of allylic oxidation sites excluding steroid dienone is 2. The van der Waals surface area contributed by atoms with Crippen molar-refractivity contribution in [2.45, 2.75) is 339 Å². The van der Waals surface area contributed by atoms with Gasteiger partial charge in [-0.1, -0.05) is 257 Å². The summed E-state index contributed by atoms with van der Waals surface area (Å²) in [5.41, 5.74) is 0. The number of hydrogen-bond acceptors (Lipinski definition) is 10. The Bertz CT molecular complexity index is 1130. The van der Waals surface area contributed by atoms with Gasteiger partial charge in [0.15, 0.2) is 6.29 Å². The third kappa shape index (κ3) is 36.4. The summed E-state index contributed by atoms with van der Waals surface area (Å²) in [6.07, 6.45) is 44.1. The lowest BCUT2D eigenvalue weighted by Gasteiger charge is -2.40. The van der Waals surface area contributed by atoms with Gasteiger partial charge in [0.2, 0.25) is 5.91 Å². The lowest BCUT2D eigenvalue weighted by Crippen LogP contribution is -2.60. The fourth-order valence-corrected chi connectivity index (χ4v) is 9.74. The molecule has 0 aliphatic carbocycles. The normalized spacial score (nSPS) is 20.4. The molecule has 11 nitrogen and oxygen atoms in total. The Morgan fingerprint density at radius 1 is 0.493 bits per heavy atom. The molecule has 1 amide bonds. The molecule has 1 aliphatic heterocycles. The molecule has 1 saturated heterocycles. The molecule has 1 heterocycles. The summed E-state index contributed by atoms with van der Waals surface area (Å²) in [5, 5.41) is 76.1. The van der Waals surface area contributed by atoms with E-state index in [9.17, 15) is 40.5 Å². The van der Waals surface area contributed by atoms with Crippen molar-refractivity contribution in [3.63, 3.8) is 0 Å². The average Bonchev–Trinajstić information content (AvgIpc) is 3.35. The van der Waals surface area contributed by atoms with Gasteiger partial charge in [0.1, 0.15) is 36.6 Å². The lowest BCUT2D eigenvalue weighted by atomic mass is 9.98. The zero-order chi connectivity index (χ0) is 50.4. The van der Waals surface area contributed by atoms with Crippen LogP contribution in [-0.2, 0) is 14.3 Å². The second kappa shape index (κ2) is 47.8. The van der Waals surface area contributed by atoms with Crippen LogP contribution in [-0.4, -0.2) is 110 Å². The van der Waals surface area contributed by atoms with E-state index >= 15 is 0 Å². The van der Waals surface area contributed by atoms with Crippen molar-refractivity contribution < 1.29 is 50.0 Å². The lowest BCUT2D eigenvalue weighted by molar-refractivity contribution is -0.303. The number of aliphatic hydroxyl groups excluding tert-OH is 7. The maximum absolute atomic E-state index is 13.2. The highest BCUT2D eigenvalue weighted by atomic mass is 16.7. The fraction of sp³-hybridized carbons (Fsp3) is 0.948. The van der Waals surface area contributed by atoms with Crippen LogP contribution in [0, 0.1) is 0 Å². The average molecular weight is 985 g/mol. The largest absolute Gasteiger partial charge is 0.394 e. The Morgan fingerprint density at radius 2 is 0.855 bits per heavy atom. The number of rotatable bonds is 51. The molecule has 69 heavy (non-hydrogen) atoms. The summed E-state index contributed by atoms with van der Waals surface area (Å²) < 4.78 is 11.1. The van der Waals surface area contributed by atoms with Crippen LogP contribution in [0.2, 0.25) is 0 Å². The van der Waals surface area contributed by atoms with Crippen LogP contribution in [0.15, 0.2) is 12.2 Å². The minimum Gasteiger partial charge on any atom is -0.394 e. The highest BCUT2D eigenvalue weighted by Crippen LogP contribution is 2.23. The molecule has 0 radical (unpaired) electrons. The SMILES string of the molecule is CCCCCCCCCCCCCCCCCCCCCC/C=C/CCCC(O)C(O)C(COC1OC(CO)C(O)C(O)C1O)NC(=O)C(O)CCCCCCCCCCCCCCCCCCC. The third-order valence-corrected chi connectivity index (χ3v) is 14.6. The summed E-state index contributed by atoms with van der Waals surface area (Å²) in [6.45, 7) is 3.48. The monoisotopic (exact) mass is 984 g/mol. The van der Waals surface area contributed by atoms with Gasteiger partial charge in [0.05, 0.1) is 25.4 Å². The number of carbonyl (C=O) groups excluding carboxylic acids is 1. The highest BCUT2D eigenvalue weighted by Gasteiger charge is 2.44. The van der Waals surface area contributed by atoms with E-state index in [0.717, 1.165) is 38.5 Å². The summed E-state index contributed by atoms with van der Waals surface area (Å²) in [4.78, 5) is 13.2. The van der Waals surface area contributed by atoms with Gasteiger partial charge in [-0.25, -0.2) is 0 Å². The first-order valence-corrected chi connectivity index (χ1v) is 29.6. The minimum absolute atomic E-state index is 0.259. The van der Waals surface area contributed by atoms with Crippen LogP contribution >= 0.6 is 0 Å². The number of nitrogens with one attached hydrogen (secondary N) is 1. The highest BCUT2D eigenvalue weighted by molar-refractivity contribution is 5.80. The van der Waals surface area contributed by atoms with Crippen LogP contribution in [0.5, 0.6) is 0 Å². The van der Waals surface area contributed by atoms with E-state index in [1.807, 2.05) is 0 Å². The number of unbranched alkanes of at least 4 members (excludes halogenated alkanes) is 37. The van der Waals surface area contributed by atoms with Crippen LogP contribution in [0.4, 0.5) is 0 Å². The summed E-state index contributed by atoms with van der Waals surface area (Å²) in [5.74, 6) is -0.701. The topological polar surface area (TPSA) is 189 Å². The predicted molar refractivity (Wildman–Crippen MR) is 284 cm³/mol. The number of hydrogen-bond donors (Lipinski definition) is 8. The Labute approximate surface area is 423 Å². The van der Waals surface area contributed by atoms with E-state index in [-0.39, 0.29) is 12.8 Å². The molecule has 1 rings (SSSR count). The van der Waals surface area contributed by atoms with E-state index in [0.29, 0.717) is 12.8 Å². The molecule has 0 aromatic carbocycles. The molecule has 11 heteroatoms. The van der Waals surface area contributed by atoms with Gasteiger partial charge < -0.3 is 50.5 Å². The molecule has 0 aromatic heterocycles. The molecule has 0 spiro atoms. The van der Waals surface area contributed by atoms with Crippen LogP contribution in [0.25, 0.3) is 0 Å². The molecule has 410 valence electrons. The van der Waals surface area contributed by atoms with Gasteiger partial charge in [-0.05, 0) is 38.5 Å². The number of amides is 1. The van der Waals surface area contributed by atoms with Crippen molar-refractivity contribution >= 4 is 5.91 Å². The van der Waals surface area contributed by atoms with Crippen molar-refractivity contribution in [1.29, 1.82) is 0 Å². The van der Waals surface area contributed by atoms with Crippen molar-refractivity contribution in [1.82, 2.24) is 5.32 Å². The molecule has 0 aromatic rings. The molecule has 9 unspecified atom stereocenters. The molecule has 0 saturated carbocycles. The fourth-order valence-electron chi connectivity index (χ4n) is 9.74. The van der Waals surface area contributed by atoms with Crippen LogP contribution in [0.3, 0.4) is 0 Å². The van der Waals surface area contributed by atoms with E-state index in [4.69, 9.17) is 9.47 Å². The van der Waals surface area contributed by atoms with Gasteiger partial charge in [-0.3, -0.25) is 4.79 Å². The first-order valence-electron chi connectivity index (χ1n) is 29.6. The van der Waals surface area contributed by atoms with Crippen molar-refractivity contribution in [3.05, 3.63) is 12.2 Å². The van der Waals surface area contributed by atoms with E-state index < -0.39 is 74.2 Å². The van der Waals surface area contributed by atoms with Crippen LogP contribution < -0.4 is 5.32 Å². The molecule has 0 bridgehead atoms. The molecular formula is C58H113NO10. The second-order valence-electron chi connectivity index (χ2n) is 21.1. The van der Waals surface area contributed by atoms with Gasteiger partial charge in [0.25, 0.3) is 0 Å². The maximum atomic E-state index is 13.2. The number of aliphatic hydroxyl groups is 7. The zero-order valence-electron chi connectivity index (χ0n) is 44.8. The predicted octanol–water partition coefficient (Wildman–Crippen LogP) is 12.4. The summed E-state index contributed by atoms with van der Waals surface area (Å²) in [7, 11) is 0. The minimum atomic E-state index is -1.66. The van der Waals surface area contributed by atoms with E-state index in [1.54, 1.807) is 0 Å². The quantitative estimate of drug-likeness (QED) is 0.0215. The zero-order valence-corrected chi connectivity index (χ0v) is 44.8. The van der Waals surface area contributed by atoms with E-state index in [2.05, 4.69) is 31.3 Å². The smallest absolute Gasteiger partial charge is 0.249 e. The maximum Gasteiger partial charge on any atom is 0.249 e. The molecule has 9 atom stereocenters. The third-order valence-electron chi connectivity index (χ3n) is 14.6. The van der Waals surface area contributed by atoms with Gasteiger partial charge >= 0.3 is 0 Å². The second-order valence-corrected chi connectivity index (χ2v) is 21.1. The number of carbonyl (C=O) groups is 1. The first-order chi connectivity index (χ1) is 33.7. The Kier molecular flexibility index (Phi) is 45.7. The van der Waals surface area contributed by atoms with Crippen molar-refractivity contribution in [2.75, 3.05) is 13.2 Å². The summed E-state index contributed by atoms with van der Waals surface area (Å²) in [6, 6.07) is -1.18.